The zero-order valence-corrected chi connectivity index (χ0v) is 22.1. The van der Waals surface area contributed by atoms with Crippen LogP contribution in [-0.4, -0.2) is 51.4 Å². The molecule has 9 N–H and O–H groups in total. The number of aliphatic carboxylic acids is 3. The average molecular weight is 496 g/mol. The molecule has 200 valence electrons. The van der Waals surface area contributed by atoms with Crippen molar-refractivity contribution in [3.8, 4) is 0 Å². The molecule has 0 radical (unpaired) electrons. The predicted octanol–water partition coefficient (Wildman–Crippen LogP) is 3.11. The van der Waals surface area contributed by atoms with Crippen LogP contribution < -0.4 is 17.2 Å². The Morgan fingerprint density at radius 2 is 1.20 bits per heavy atom. The van der Waals surface area contributed by atoms with Crippen LogP contribution in [0.2, 0.25) is 0 Å². The fourth-order valence-electron chi connectivity index (χ4n) is 2.41. The minimum Gasteiger partial charge on any atom is -0.481 e. The molecule has 0 bridgehead atoms. The van der Waals surface area contributed by atoms with Gasteiger partial charge in [0.05, 0.1) is 16.2 Å². The molecule has 0 aliphatic heterocycles. The molecule has 35 heavy (non-hydrogen) atoms. The van der Waals surface area contributed by atoms with Gasteiger partial charge in [-0.15, -0.1) is 6.58 Å². The van der Waals surface area contributed by atoms with E-state index >= 15 is 0 Å². The largest absolute Gasteiger partial charge is 0.481 e. The number of carboxylic acid groups (broad SMARTS) is 3. The van der Waals surface area contributed by atoms with Crippen molar-refractivity contribution >= 4 is 17.9 Å². The molecule has 0 heterocycles. The third-order valence-electron chi connectivity index (χ3n) is 6.66. The standard InChI is InChI=1S/C12H17NO2.C8H15NO2.C6H13NO2/c1-9(13)12(2,11(14)15)8-10-6-4-3-5-7-10;1-4-5-8(3,6(2)9)7(10)11;1-4(7)6(2,3)5(8)9/h3-7,9H,8,13H2,1-2H3,(H,14,15);4,6H,1,5,9H2,2-3H3,(H,10,11);4H,7H2,1-3H3,(H,8,9). The summed E-state index contributed by atoms with van der Waals surface area (Å²) in [5.74, 6) is -2.56. The van der Waals surface area contributed by atoms with Crippen LogP contribution in [0.1, 0.15) is 60.5 Å². The zero-order valence-electron chi connectivity index (χ0n) is 22.1. The monoisotopic (exact) mass is 495 g/mol. The fraction of sp³-hybridized carbons (Fsp3) is 0.577. The maximum atomic E-state index is 11.2. The Morgan fingerprint density at radius 1 is 0.800 bits per heavy atom. The SMILES string of the molecule is C=CCC(C)(C(=O)O)C(C)N.CC(N)C(C)(C)C(=O)O.CC(N)C(C)(Cc1ccccc1)C(=O)O. The van der Waals surface area contributed by atoms with E-state index < -0.39 is 34.2 Å². The Bertz CT molecular complexity index is 824. The molecule has 0 aliphatic rings. The van der Waals surface area contributed by atoms with Crippen LogP contribution in [0.3, 0.4) is 0 Å². The van der Waals surface area contributed by atoms with Gasteiger partial charge in [0.15, 0.2) is 0 Å². The molecule has 0 aliphatic carbocycles. The summed E-state index contributed by atoms with van der Waals surface area (Å²) in [5, 5.41) is 26.5. The minimum atomic E-state index is -0.901. The van der Waals surface area contributed by atoms with E-state index in [0.29, 0.717) is 12.8 Å². The van der Waals surface area contributed by atoms with Crippen molar-refractivity contribution in [2.45, 2.75) is 79.4 Å². The number of carboxylic acids is 3. The van der Waals surface area contributed by atoms with Crippen molar-refractivity contribution < 1.29 is 29.7 Å². The smallest absolute Gasteiger partial charge is 0.311 e. The summed E-state index contributed by atoms with van der Waals surface area (Å²) in [6.07, 6.45) is 2.44. The first-order valence-corrected chi connectivity index (χ1v) is 11.4. The maximum Gasteiger partial charge on any atom is 0.311 e. The van der Waals surface area contributed by atoms with E-state index in [4.69, 9.17) is 27.4 Å². The lowest BCUT2D eigenvalue weighted by Gasteiger charge is -2.28. The van der Waals surface area contributed by atoms with Crippen LogP contribution in [0.25, 0.3) is 0 Å². The molecule has 1 aromatic rings. The van der Waals surface area contributed by atoms with Crippen LogP contribution in [0.5, 0.6) is 0 Å². The van der Waals surface area contributed by atoms with Crippen molar-refractivity contribution in [3.05, 3.63) is 48.6 Å². The summed E-state index contributed by atoms with van der Waals surface area (Å²) in [6.45, 7) is 15.1. The molecule has 9 nitrogen and oxygen atoms in total. The lowest BCUT2D eigenvalue weighted by molar-refractivity contribution is -0.149. The summed E-state index contributed by atoms with van der Waals surface area (Å²) < 4.78 is 0. The Kier molecular flexibility index (Phi) is 14.4. The first-order valence-electron chi connectivity index (χ1n) is 11.4. The molecule has 1 rings (SSSR count). The number of nitrogens with two attached hydrogens (primary N) is 3. The van der Waals surface area contributed by atoms with Gasteiger partial charge in [0, 0.05) is 18.1 Å². The molecule has 0 saturated carbocycles. The van der Waals surface area contributed by atoms with E-state index in [-0.39, 0.29) is 18.1 Å². The molecule has 0 amide bonds. The Balaban J connectivity index is 0. The number of hydrogen-bond donors (Lipinski definition) is 6. The molecule has 1 aromatic carbocycles. The highest BCUT2D eigenvalue weighted by Gasteiger charge is 2.37. The van der Waals surface area contributed by atoms with Gasteiger partial charge in [-0.25, -0.2) is 0 Å². The van der Waals surface area contributed by atoms with Crippen LogP contribution in [0.15, 0.2) is 43.0 Å². The van der Waals surface area contributed by atoms with E-state index in [9.17, 15) is 19.5 Å². The number of hydrogen-bond acceptors (Lipinski definition) is 6. The van der Waals surface area contributed by atoms with E-state index in [0.717, 1.165) is 5.56 Å². The summed E-state index contributed by atoms with van der Waals surface area (Å²) in [7, 11) is 0. The average Bonchev–Trinajstić information content (AvgIpc) is 2.74. The van der Waals surface area contributed by atoms with E-state index in [1.807, 2.05) is 30.3 Å². The lowest BCUT2D eigenvalue weighted by Crippen LogP contribution is -2.45. The Labute approximate surface area is 209 Å². The van der Waals surface area contributed by atoms with Crippen molar-refractivity contribution in [2.75, 3.05) is 0 Å². The third-order valence-corrected chi connectivity index (χ3v) is 6.66. The van der Waals surface area contributed by atoms with E-state index in [1.54, 1.807) is 54.5 Å². The summed E-state index contributed by atoms with van der Waals surface area (Å²) in [6, 6.07) is 8.50. The highest BCUT2D eigenvalue weighted by atomic mass is 16.4. The first kappa shape index (κ1) is 34.4. The molecule has 5 unspecified atom stereocenters. The predicted molar refractivity (Wildman–Crippen MR) is 139 cm³/mol. The fourth-order valence-corrected chi connectivity index (χ4v) is 2.41. The first-order chi connectivity index (χ1) is 15.8. The van der Waals surface area contributed by atoms with Crippen molar-refractivity contribution in [3.63, 3.8) is 0 Å². The third kappa shape index (κ3) is 10.6. The van der Waals surface area contributed by atoms with Crippen molar-refractivity contribution in [2.24, 2.45) is 33.4 Å². The summed E-state index contributed by atoms with van der Waals surface area (Å²) in [5.41, 5.74) is 15.1. The topological polar surface area (TPSA) is 190 Å². The van der Waals surface area contributed by atoms with Crippen LogP contribution in [0, 0.1) is 16.2 Å². The molecule has 0 spiro atoms. The lowest BCUT2D eigenvalue weighted by atomic mass is 9.78. The highest BCUT2D eigenvalue weighted by Crippen LogP contribution is 2.26. The molecule has 0 saturated heterocycles. The molecule has 5 atom stereocenters. The second-order valence-corrected chi connectivity index (χ2v) is 9.99. The molecular weight excluding hydrogens is 450 g/mol. The van der Waals surface area contributed by atoms with Gasteiger partial charge in [0.1, 0.15) is 0 Å². The number of allylic oxidation sites excluding steroid dienone is 1. The van der Waals surface area contributed by atoms with Gasteiger partial charge < -0.3 is 32.5 Å². The summed E-state index contributed by atoms with van der Waals surface area (Å²) >= 11 is 0. The Morgan fingerprint density at radius 3 is 1.40 bits per heavy atom. The van der Waals surface area contributed by atoms with Crippen LogP contribution in [-0.2, 0) is 20.8 Å². The number of benzene rings is 1. The highest BCUT2D eigenvalue weighted by molar-refractivity contribution is 5.76. The molecule has 0 aromatic heterocycles. The van der Waals surface area contributed by atoms with Crippen LogP contribution in [0.4, 0.5) is 0 Å². The zero-order chi connectivity index (χ0) is 28.2. The van der Waals surface area contributed by atoms with Gasteiger partial charge in [-0.1, -0.05) is 36.4 Å². The second-order valence-electron chi connectivity index (χ2n) is 9.99. The summed E-state index contributed by atoms with van der Waals surface area (Å²) in [4.78, 5) is 32.3. The Hall–Kier alpha value is -2.75. The van der Waals surface area contributed by atoms with Gasteiger partial charge >= 0.3 is 17.9 Å². The van der Waals surface area contributed by atoms with Gasteiger partial charge in [-0.3, -0.25) is 14.4 Å². The van der Waals surface area contributed by atoms with E-state index in [1.165, 1.54) is 0 Å². The normalized spacial score (nSPS) is 16.9. The minimum absolute atomic E-state index is 0.310. The number of rotatable bonds is 10. The van der Waals surface area contributed by atoms with Crippen molar-refractivity contribution in [1.29, 1.82) is 0 Å². The quantitative estimate of drug-likeness (QED) is 0.265. The molecule has 9 heteroatoms. The second kappa shape index (κ2) is 14.6. The molecular formula is C26H45N3O6. The van der Waals surface area contributed by atoms with Gasteiger partial charge in [0.25, 0.3) is 0 Å². The number of carbonyl (C=O) groups is 3. The van der Waals surface area contributed by atoms with Crippen LogP contribution >= 0.6 is 0 Å². The van der Waals surface area contributed by atoms with Crippen molar-refractivity contribution in [1.82, 2.24) is 0 Å². The van der Waals surface area contributed by atoms with E-state index in [2.05, 4.69) is 6.58 Å². The van der Waals surface area contributed by atoms with Gasteiger partial charge in [-0.05, 0) is 66.9 Å². The maximum absolute atomic E-state index is 11.2. The molecule has 0 fully saturated rings. The van der Waals surface area contributed by atoms with Gasteiger partial charge in [-0.2, -0.15) is 0 Å². The van der Waals surface area contributed by atoms with Gasteiger partial charge in [0.2, 0.25) is 0 Å².